The minimum atomic E-state index is -1.33. The lowest BCUT2D eigenvalue weighted by molar-refractivity contribution is 0.0695. The molecule has 0 aromatic carbocycles. The third-order valence-corrected chi connectivity index (χ3v) is 5.40. The standard InChI is InChI=1S/C19H22FN5O4/c1-29-23-15-9-24(7-10(15)4-5-21)18-14(20)6-12-16(26)13(19(27)28)8-25(11-2-3-11)17(12)22-18/h6,8,10-11H,2-5,7,9,21H2,1H3,(H,27,28)/b23-15+. The highest BCUT2D eigenvalue weighted by molar-refractivity contribution is 5.95. The number of fused-ring (bicyclic) bond motifs is 1. The minimum Gasteiger partial charge on any atom is -0.477 e. The number of halogens is 1. The summed E-state index contributed by atoms with van der Waals surface area (Å²) in [7, 11) is 1.46. The van der Waals surface area contributed by atoms with Crippen LogP contribution in [0.25, 0.3) is 11.0 Å². The van der Waals surface area contributed by atoms with Crippen LogP contribution in [0.2, 0.25) is 0 Å². The van der Waals surface area contributed by atoms with E-state index in [0.29, 0.717) is 31.7 Å². The van der Waals surface area contributed by atoms with Gasteiger partial charge in [0.25, 0.3) is 0 Å². The molecule has 2 aromatic rings. The lowest BCUT2D eigenvalue weighted by atomic mass is 10.0. The van der Waals surface area contributed by atoms with E-state index in [1.165, 1.54) is 13.3 Å². The van der Waals surface area contributed by atoms with Crippen molar-refractivity contribution in [2.24, 2.45) is 16.8 Å². The zero-order valence-electron chi connectivity index (χ0n) is 16.0. The van der Waals surface area contributed by atoms with E-state index in [2.05, 4.69) is 10.1 Å². The summed E-state index contributed by atoms with van der Waals surface area (Å²) in [5, 5.41) is 13.4. The lowest BCUT2D eigenvalue weighted by Gasteiger charge is -2.19. The highest BCUT2D eigenvalue weighted by atomic mass is 19.1. The van der Waals surface area contributed by atoms with Gasteiger partial charge in [-0.3, -0.25) is 4.79 Å². The second-order valence-corrected chi connectivity index (χ2v) is 7.40. The number of aromatic nitrogens is 2. The zero-order valence-corrected chi connectivity index (χ0v) is 16.0. The summed E-state index contributed by atoms with van der Waals surface area (Å²) < 4.78 is 16.6. The number of aromatic carboxylic acids is 1. The molecule has 10 heteroatoms. The Labute approximate surface area is 165 Å². The smallest absolute Gasteiger partial charge is 0.341 e. The van der Waals surface area contributed by atoms with Gasteiger partial charge in [0.15, 0.2) is 11.6 Å². The SMILES string of the molecule is CO/N=C1\CN(c2nc3c(cc2F)c(=O)c(C(=O)O)cn3C2CC2)CC1CCN. The average Bonchev–Trinajstić information content (AvgIpc) is 3.45. The summed E-state index contributed by atoms with van der Waals surface area (Å²) >= 11 is 0. The van der Waals surface area contributed by atoms with E-state index in [-0.39, 0.29) is 28.7 Å². The van der Waals surface area contributed by atoms with Crippen LogP contribution in [0.1, 0.15) is 35.7 Å². The molecule has 1 aliphatic carbocycles. The minimum absolute atomic E-state index is 0.0249. The molecule has 1 saturated carbocycles. The van der Waals surface area contributed by atoms with Crippen molar-refractivity contribution in [1.29, 1.82) is 0 Å². The van der Waals surface area contributed by atoms with Crippen molar-refractivity contribution < 1.29 is 19.1 Å². The fourth-order valence-corrected chi connectivity index (χ4v) is 3.84. The number of nitrogens with zero attached hydrogens (tertiary/aromatic N) is 4. The number of oxime groups is 1. The molecule has 0 amide bonds. The molecule has 0 bridgehead atoms. The first kappa shape index (κ1) is 19.3. The van der Waals surface area contributed by atoms with Crippen molar-refractivity contribution in [3.05, 3.63) is 33.9 Å². The van der Waals surface area contributed by atoms with Crippen LogP contribution in [0.15, 0.2) is 22.2 Å². The van der Waals surface area contributed by atoms with Crippen LogP contribution in [0.5, 0.6) is 0 Å². The predicted octanol–water partition coefficient (Wildman–Crippen LogP) is 1.36. The monoisotopic (exact) mass is 403 g/mol. The highest BCUT2D eigenvalue weighted by Gasteiger charge is 2.33. The van der Waals surface area contributed by atoms with Gasteiger partial charge in [-0.05, 0) is 31.9 Å². The van der Waals surface area contributed by atoms with Crippen molar-refractivity contribution in [3.63, 3.8) is 0 Å². The summed E-state index contributed by atoms with van der Waals surface area (Å²) in [4.78, 5) is 35.1. The van der Waals surface area contributed by atoms with E-state index >= 15 is 0 Å². The summed E-state index contributed by atoms with van der Waals surface area (Å²) in [6.45, 7) is 1.29. The van der Waals surface area contributed by atoms with Gasteiger partial charge in [0.05, 0.1) is 17.6 Å². The Bertz CT molecular complexity index is 1060. The molecule has 4 rings (SSSR count). The Morgan fingerprint density at radius 1 is 1.48 bits per heavy atom. The van der Waals surface area contributed by atoms with Crippen LogP contribution >= 0.6 is 0 Å². The Morgan fingerprint density at radius 2 is 2.24 bits per heavy atom. The Balaban J connectivity index is 1.83. The fraction of sp³-hybridized carbons (Fsp3) is 0.474. The van der Waals surface area contributed by atoms with Gasteiger partial charge in [-0.15, -0.1) is 0 Å². The molecule has 1 atom stereocenters. The second-order valence-electron chi connectivity index (χ2n) is 7.40. The van der Waals surface area contributed by atoms with Gasteiger partial charge in [-0.25, -0.2) is 14.2 Å². The summed E-state index contributed by atoms with van der Waals surface area (Å²) in [5.74, 6) is -1.88. The Morgan fingerprint density at radius 3 is 2.86 bits per heavy atom. The van der Waals surface area contributed by atoms with E-state index in [1.54, 1.807) is 9.47 Å². The molecule has 29 heavy (non-hydrogen) atoms. The van der Waals surface area contributed by atoms with Crippen molar-refractivity contribution in [2.45, 2.75) is 25.3 Å². The third kappa shape index (κ3) is 3.44. The number of carbonyl (C=O) groups is 1. The molecule has 0 radical (unpaired) electrons. The first-order valence-electron chi connectivity index (χ1n) is 9.48. The van der Waals surface area contributed by atoms with Crippen LogP contribution in [0.3, 0.4) is 0 Å². The van der Waals surface area contributed by atoms with Crippen LogP contribution in [0.4, 0.5) is 10.2 Å². The summed E-state index contributed by atoms with van der Waals surface area (Å²) in [5.41, 5.74) is 5.63. The molecule has 1 unspecified atom stereocenters. The maximum Gasteiger partial charge on any atom is 0.341 e. The molecule has 2 fully saturated rings. The second kappa shape index (κ2) is 7.43. The lowest BCUT2D eigenvalue weighted by Crippen LogP contribution is -2.25. The Kier molecular flexibility index (Phi) is 4.95. The molecule has 1 saturated heterocycles. The third-order valence-electron chi connectivity index (χ3n) is 5.40. The van der Waals surface area contributed by atoms with Crippen molar-refractivity contribution in [3.8, 4) is 0 Å². The molecule has 2 aliphatic rings. The summed E-state index contributed by atoms with van der Waals surface area (Å²) in [6.07, 6.45) is 3.72. The molecule has 154 valence electrons. The first-order chi connectivity index (χ1) is 13.9. The van der Waals surface area contributed by atoms with E-state index in [9.17, 15) is 19.1 Å². The average molecular weight is 403 g/mol. The van der Waals surface area contributed by atoms with E-state index in [4.69, 9.17) is 10.6 Å². The number of hydrogen-bond acceptors (Lipinski definition) is 7. The number of carboxylic acid groups (broad SMARTS) is 1. The normalized spacial score (nSPS) is 20.6. The predicted molar refractivity (Wildman–Crippen MR) is 105 cm³/mol. The molecule has 3 N–H and O–H groups in total. The molecular formula is C19H22FN5O4. The van der Waals surface area contributed by atoms with Gasteiger partial charge in [0.2, 0.25) is 5.43 Å². The first-order valence-corrected chi connectivity index (χ1v) is 9.48. The maximum atomic E-state index is 15.0. The van der Waals surface area contributed by atoms with Gasteiger partial charge in [-0.2, -0.15) is 0 Å². The largest absolute Gasteiger partial charge is 0.477 e. The molecule has 1 aliphatic heterocycles. The summed E-state index contributed by atoms with van der Waals surface area (Å²) in [6, 6.07) is 1.16. The molecule has 2 aromatic heterocycles. The molecule has 9 nitrogen and oxygen atoms in total. The number of anilines is 1. The van der Waals surface area contributed by atoms with Gasteiger partial charge >= 0.3 is 5.97 Å². The van der Waals surface area contributed by atoms with Crippen LogP contribution in [-0.2, 0) is 4.84 Å². The van der Waals surface area contributed by atoms with Crippen molar-refractivity contribution in [1.82, 2.24) is 9.55 Å². The topological polar surface area (TPSA) is 123 Å². The van der Waals surface area contributed by atoms with Crippen LogP contribution in [0, 0.1) is 11.7 Å². The van der Waals surface area contributed by atoms with E-state index in [1.807, 2.05) is 0 Å². The zero-order chi connectivity index (χ0) is 20.7. The number of nitrogens with two attached hydrogens (primary N) is 1. The van der Waals surface area contributed by atoms with Crippen molar-refractivity contribution in [2.75, 3.05) is 31.6 Å². The highest BCUT2D eigenvalue weighted by Crippen LogP contribution is 2.37. The molecule has 3 heterocycles. The number of carboxylic acids is 1. The Hall–Kier alpha value is -3.01. The number of rotatable bonds is 6. The molecular weight excluding hydrogens is 381 g/mol. The van der Waals surface area contributed by atoms with Crippen LogP contribution in [-0.4, -0.2) is 53.1 Å². The fourth-order valence-electron chi connectivity index (χ4n) is 3.84. The maximum absolute atomic E-state index is 15.0. The van der Waals surface area contributed by atoms with Gasteiger partial charge in [-0.1, -0.05) is 5.16 Å². The van der Waals surface area contributed by atoms with Gasteiger partial charge in [0.1, 0.15) is 18.3 Å². The number of hydrogen-bond donors (Lipinski definition) is 2. The van der Waals surface area contributed by atoms with Gasteiger partial charge < -0.3 is 25.1 Å². The molecule has 0 spiro atoms. The quantitative estimate of drug-likeness (QED) is 0.698. The van der Waals surface area contributed by atoms with Gasteiger partial charge in [0, 0.05) is 24.7 Å². The van der Waals surface area contributed by atoms with Crippen molar-refractivity contribution >= 4 is 28.5 Å². The number of pyridine rings is 2. The van der Waals surface area contributed by atoms with Crippen LogP contribution < -0.4 is 16.1 Å². The van der Waals surface area contributed by atoms with E-state index in [0.717, 1.165) is 24.6 Å². The van der Waals surface area contributed by atoms with E-state index < -0.39 is 17.2 Å².